The molecule has 0 saturated heterocycles. The highest BCUT2D eigenvalue weighted by atomic mass is 35.5. The van der Waals surface area contributed by atoms with Crippen LogP contribution >= 0.6 is 11.6 Å². The fraction of sp³-hybridized carbons (Fsp3) is 0.0909. The van der Waals surface area contributed by atoms with Crippen LogP contribution < -0.4 is 0 Å². The smallest absolute Gasteiger partial charge is 0.275 e. The molecule has 1 aromatic carbocycles. The molecule has 0 N–H and O–H groups in total. The molecule has 21 heavy (non-hydrogen) atoms. The van der Waals surface area contributed by atoms with Gasteiger partial charge in [0.25, 0.3) is 10.9 Å². The second-order valence-corrected chi connectivity index (χ2v) is 4.21. The van der Waals surface area contributed by atoms with Gasteiger partial charge in [0.2, 0.25) is 0 Å². The first-order valence-electron chi connectivity index (χ1n) is 5.31. The van der Waals surface area contributed by atoms with Crippen molar-refractivity contribution in [2.24, 2.45) is 0 Å². The molecule has 1 heterocycles. The number of hydrogen-bond donors (Lipinski definition) is 0. The highest BCUT2D eigenvalue weighted by Crippen LogP contribution is 2.34. The van der Waals surface area contributed by atoms with E-state index in [9.17, 15) is 28.1 Å². The highest BCUT2D eigenvalue weighted by molar-refractivity contribution is 6.67. The number of halogens is 4. The van der Waals surface area contributed by atoms with Crippen molar-refractivity contribution in [3.05, 3.63) is 51.8 Å². The summed E-state index contributed by atoms with van der Waals surface area (Å²) in [5, 5.41) is 12.7. The minimum atomic E-state index is -4.86. The van der Waals surface area contributed by atoms with Crippen molar-refractivity contribution >= 4 is 22.5 Å². The molecule has 0 aliphatic rings. The summed E-state index contributed by atoms with van der Waals surface area (Å²) in [5.41, 5.74) is -2.50. The number of nitrogens with zero attached hydrogens (tertiary/aromatic N) is 3. The van der Waals surface area contributed by atoms with Gasteiger partial charge in [-0.1, -0.05) is 0 Å². The summed E-state index contributed by atoms with van der Waals surface area (Å²) in [4.78, 5) is 20.8. The number of carbonyl (C=O) groups is 1. The summed E-state index contributed by atoms with van der Waals surface area (Å²) in [6.45, 7) is 0. The Morgan fingerprint density at radius 1 is 1.29 bits per heavy atom. The first-order chi connectivity index (χ1) is 9.71. The number of alkyl halides is 3. The van der Waals surface area contributed by atoms with Crippen molar-refractivity contribution in [2.75, 3.05) is 0 Å². The second-order valence-electron chi connectivity index (χ2n) is 3.86. The highest BCUT2D eigenvalue weighted by Gasteiger charge is 2.40. The number of carbonyl (C=O) groups excluding carboxylic acids is 1. The van der Waals surface area contributed by atoms with Crippen molar-refractivity contribution in [2.45, 2.75) is 6.18 Å². The fourth-order valence-corrected chi connectivity index (χ4v) is 1.81. The van der Waals surface area contributed by atoms with Crippen LogP contribution in [0.3, 0.4) is 0 Å². The van der Waals surface area contributed by atoms with Crippen LogP contribution in [0.25, 0.3) is 5.69 Å². The molecular formula is C11H5ClF3N3O3. The SMILES string of the molecule is O=C(Cl)c1cnn(-c2ccc([N+](=O)[O-])cc2)c1C(F)(F)F. The van der Waals surface area contributed by atoms with Gasteiger partial charge in [-0.25, -0.2) is 4.68 Å². The van der Waals surface area contributed by atoms with Crippen molar-refractivity contribution in [1.82, 2.24) is 9.78 Å². The molecular weight excluding hydrogens is 315 g/mol. The Bertz CT molecular complexity index is 710. The number of non-ortho nitro benzene ring substituents is 1. The average molecular weight is 320 g/mol. The first kappa shape index (κ1) is 15.0. The number of nitro benzene ring substituents is 1. The molecule has 0 spiro atoms. The van der Waals surface area contributed by atoms with E-state index in [4.69, 9.17) is 11.6 Å². The minimum absolute atomic E-state index is 0.0860. The molecule has 0 saturated carbocycles. The monoisotopic (exact) mass is 319 g/mol. The van der Waals surface area contributed by atoms with Crippen LogP contribution in [0.4, 0.5) is 18.9 Å². The number of benzene rings is 1. The molecule has 0 aliphatic heterocycles. The average Bonchev–Trinajstić information content (AvgIpc) is 2.83. The minimum Gasteiger partial charge on any atom is -0.275 e. The molecule has 110 valence electrons. The van der Waals surface area contributed by atoms with Gasteiger partial charge in [0.05, 0.1) is 22.4 Å². The molecule has 0 atom stereocenters. The largest absolute Gasteiger partial charge is 0.434 e. The summed E-state index contributed by atoms with van der Waals surface area (Å²) in [6.07, 6.45) is -4.17. The molecule has 0 fully saturated rings. The Labute approximate surface area is 119 Å². The Morgan fingerprint density at radius 3 is 2.29 bits per heavy atom. The van der Waals surface area contributed by atoms with Gasteiger partial charge in [0.1, 0.15) is 0 Å². The van der Waals surface area contributed by atoms with Gasteiger partial charge < -0.3 is 0 Å². The van der Waals surface area contributed by atoms with Crippen LogP contribution in [0, 0.1) is 10.1 Å². The quantitative estimate of drug-likeness (QED) is 0.494. The van der Waals surface area contributed by atoms with Crippen LogP contribution in [0.2, 0.25) is 0 Å². The Hall–Kier alpha value is -2.42. The molecule has 1 aromatic heterocycles. The molecule has 0 amide bonds. The van der Waals surface area contributed by atoms with E-state index in [2.05, 4.69) is 5.10 Å². The normalized spacial score (nSPS) is 11.4. The molecule has 6 nitrogen and oxygen atoms in total. The third-order valence-corrected chi connectivity index (χ3v) is 2.76. The third kappa shape index (κ3) is 2.87. The standard InChI is InChI=1S/C11H5ClF3N3O3/c12-10(19)8-5-16-17(9(8)11(13,14)15)6-1-3-7(4-2-6)18(20)21/h1-5H. The number of nitro groups is 1. The second kappa shape index (κ2) is 5.17. The van der Waals surface area contributed by atoms with Gasteiger partial charge in [-0.2, -0.15) is 18.3 Å². The molecule has 0 radical (unpaired) electrons. The van der Waals surface area contributed by atoms with Crippen molar-refractivity contribution < 1.29 is 22.9 Å². The summed E-state index contributed by atoms with van der Waals surface area (Å²) < 4.78 is 39.5. The van der Waals surface area contributed by atoms with Crippen LogP contribution in [0.15, 0.2) is 30.5 Å². The van der Waals surface area contributed by atoms with Crippen LogP contribution in [-0.4, -0.2) is 19.9 Å². The lowest BCUT2D eigenvalue weighted by Crippen LogP contribution is -2.16. The van der Waals surface area contributed by atoms with Gasteiger partial charge >= 0.3 is 6.18 Å². The predicted molar refractivity (Wildman–Crippen MR) is 65.4 cm³/mol. The summed E-state index contributed by atoms with van der Waals surface area (Å²) in [5.74, 6) is 0. The molecule has 0 bridgehead atoms. The van der Waals surface area contributed by atoms with Crippen molar-refractivity contribution in [1.29, 1.82) is 0 Å². The van der Waals surface area contributed by atoms with E-state index in [0.717, 1.165) is 24.3 Å². The molecule has 0 unspecified atom stereocenters. The van der Waals surface area contributed by atoms with Crippen molar-refractivity contribution in [3.8, 4) is 5.69 Å². The lowest BCUT2D eigenvalue weighted by atomic mass is 10.2. The van der Waals surface area contributed by atoms with Crippen molar-refractivity contribution in [3.63, 3.8) is 0 Å². The Kier molecular flexibility index (Phi) is 3.69. The number of rotatable bonds is 3. The summed E-state index contributed by atoms with van der Waals surface area (Å²) in [7, 11) is 0. The van der Waals surface area contributed by atoms with E-state index >= 15 is 0 Å². The third-order valence-electron chi connectivity index (χ3n) is 2.55. The first-order valence-corrected chi connectivity index (χ1v) is 5.69. The van der Waals surface area contributed by atoms with E-state index in [1.54, 1.807) is 0 Å². The van der Waals surface area contributed by atoms with Crippen LogP contribution in [0.1, 0.15) is 16.1 Å². The topological polar surface area (TPSA) is 78.0 Å². The van der Waals surface area contributed by atoms with E-state index < -0.39 is 27.6 Å². The maximum atomic E-state index is 13.0. The van der Waals surface area contributed by atoms with Gasteiger partial charge in [-0.3, -0.25) is 14.9 Å². The maximum Gasteiger partial charge on any atom is 0.434 e. The number of aromatic nitrogens is 2. The van der Waals surface area contributed by atoms with Gasteiger partial charge in [-0.05, 0) is 23.7 Å². The van der Waals surface area contributed by atoms with Crippen LogP contribution in [-0.2, 0) is 6.18 Å². The fourth-order valence-electron chi connectivity index (χ4n) is 1.68. The Balaban J connectivity index is 2.59. The van der Waals surface area contributed by atoms with Crippen LogP contribution in [0.5, 0.6) is 0 Å². The zero-order valence-electron chi connectivity index (χ0n) is 9.96. The summed E-state index contributed by atoms with van der Waals surface area (Å²) in [6, 6.07) is 4.23. The summed E-state index contributed by atoms with van der Waals surface area (Å²) >= 11 is 5.10. The molecule has 2 aromatic rings. The number of hydrogen-bond acceptors (Lipinski definition) is 4. The van der Waals surface area contributed by atoms with E-state index in [1.807, 2.05) is 0 Å². The van der Waals surface area contributed by atoms with E-state index in [0.29, 0.717) is 10.9 Å². The van der Waals surface area contributed by atoms with E-state index in [1.165, 1.54) is 0 Å². The molecule has 10 heteroatoms. The lowest BCUT2D eigenvalue weighted by molar-refractivity contribution is -0.384. The lowest BCUT2D eigenvalue weighted by Gasteiger charge is -2.11. The Morgan fingerprint density at radius 2 is 1.86 bits per heavy atom. The molecule has 0 aliphatic carbocycles. The molecule has 2 rings (SSSR count). The van der Waals surface area contributed by atoms with Gasteiger partial charge in [-0.15, -0.1) is 0 Å². The maximum absolute atomic E-state index is 13.0. The zero-order valence-corrected chi connectivity index (χ0v) is 10.7. The van der Waals surface area contributed by atoms with Gasteiger partial charge in [0, 0.05) is 12.1 Å². The van der Waals surface area contributed by atoms with Gasteiger partial charge in [0.15, 0.2) is 5.69 Å². The van der Waals surface area contributed by atoms with E-state index in [-0.39, 0.29) is 11.4 Å². The zero-order chi connectivity index (χ0) is 15.8. The predicted octanol–water partition coefficient (Wildman–Crippen LogP) is 3.18.